The molecule has 1 aliphatic heterocycles. The molecule has 0 radical (unpaired) electrons. The van der Waals surface area contributed by atoms with Crippen LogP contribution in [0.1, 0.15) is 13.3 Å². The molecular formula is C9H10F3NO4. The first kappa shape index (κ1) is 13.5. The number of aliphatic hydroxyl groups excluding tert-OH is 1. The molecule has 0 aliphatic carbocycles. The summed E-state index contributed by atoms with van der Waals surface area (Å²) in [5.41, 5.74) is -4.29. The molecule has 96 valence electrons. The Bertz CT molecular complexity index is 413. The molecule has 0 aromatic carbocycles. The van der Waals surface area contributed by atoms with Crippen LogP contribution in [0, 0.1) is 0 Å². The number of alkyl halides is 3. The summed E-state index contributed by atoms with van der Waals surface area (Å²) in [5.74, 6) is -1.91. The van der Waals surface area contributed by atoms with E-state index in [-0.39, 0.29) is 0 Å². The molecule has 5 nitrogen and oxygen atoms in total. The van der Waals surface area contributed by atoms with Crippen LogP contribution in [0.3, 0.4) is 0 Å². The van der Waals surface area contributed by atoms with Crippen LogP contribution in [0.2, 0.25) is 0 Å². The molecule has 0 aromatic rings. The van der Waals surface area contributed by atoms with Crippen LogP contribution in [-0.4, -0.2) is 40.9 Å². The van der Waals surface area contributed by atoms with E-state index in [0.717, 1.165) is 14.0 Å². The van der Waals surface area contributed by atoms with Crippen molar-refractivity contribution in [2.75, 3.05) is 7.11 Å². The van der Waals surface area contributed by atoms with Crippen LogP contribution < -0.4 is 0 Å². The number of rotatable bonds is 1. The fourth-order valence-electron chi connectivity index (χ4n) is 1.43. The third-order valence-corrected chi connectivity index (χ3v) is 2.26. The third-order valence-electron chi connectivity index (χ3n) is 2.26. The number of ether oxygens (including phenoxy) is 1. The molecule has 2 N–H and O–H groups in total. The molecule has 1 rings (SSSR count). The highest BCUT2D eigenvalue weighted by molar-refractivity contribution is 6.19. The maximum Gasteiger partial charge on any atom is 0.438 e. The molecule has 0 fully saturated rings. The van der Waals surface area contributed by atoms with Gasteiger partial charge in [0.05, 0.1) is 19.2 Å². The minimum absolute atomic E-state index is 0.430. The van der Waals surface area contributed by atoms with Gasteiger partial charge in [0.25, 0.3) is 5.72 Å². The number of carbonyl (C=O) groups is 1. The first-order valence-electron chi connectivity index (χ1n) is 4.48. The number of nitrogens with zero attached hydrogens (tertiary/aromatic N) is 1. The Balaban J connectivity index is 3.20. The van der Waals surface area contributed by atoms with Crippen molar-refractivity contribution in [1.29, 1.82) is 0 Å². The molecule has 1 atom stereocenters. The fraction of sp³-hybridized carbons (Fsp3) is 0.556. The van der Waals surface area contributed by atoms with E-state index in [0.29, 0.717) is 0 Å². The van der Waals surface area contributed by atoms with E-state index in [1.165, 1.54) is 0 Å². The summed E-state index contributed by atoms with van der Waals surface area (Å²) in [7, 11) is 1.01. The molecule has 0 bridgehead atoms. The molecule has 8 heteroatoms. The highest BCUT2D eigenvalue weighted by Crippen LogP contribution is 2.39. The summed E-state index contributed by atoms with van der Waals surface area (Å²) < 4.78 is 41.7. The van der Waals surface area contributed by atoms with Crippen LogP contribution in [0.25, 0.3) is 0 Å². The van der Waals surface area contributed by atoms with Crippen molar-refractivity contribution in [3.63, 3.8) is 0 Å². The normalized spacial score (nSPS) is 25.6. The summed E-state index contributed by atoms with van der Waals surface area (Å²) in [5, 5.41) is 18.6. The van der Waals surface area contributed by atoms with Crippen molar-refractivity contribution in [2.24, 2.45) is 4.99 Å². The van der Waals surface area contributed by atoms with Crippen molar-refractivity contribution in [3.8, 4) is 0 Å². The van der Waals surface area contributed by atoms with Crippen LogP contribution in [-0.2, 0) is 9.53 Å². The molecule has 17 heavy (non-hydrogen) atoms. The number of dihydropyridines is 1. The van der Waals surface area contributed by atoms with Gasteiger partial charge in [-0.05, 0) is 6.92 Å². The summed E-state index contributed by atoms with van der Waals surface area (Å²) in [4.78, 5) is 14.2. The standard InChI is InChI=1S/C9H10F3NO4/c1-4-6(7(15)17-2)5(14)3-8(16,13-4)9(10,11)12/h14,16H,3H2,1-2H3. The van der Waals surface area contributed by atoms with E-state index in [1.807, 2.05) is 0 Å². The highest BCUT2D eigenvalue weighted by atomic mass is 19.4. The van der Waals surface area contributed by atoms with E-state index >= 15 is 0 Å². The van der Waals surface area contributed by atoms with Gasteiger partial charge >= 0.3 is 12.1 Å². The van der Waals surface area contributed by atoms with Gasteiger partial charge in [-0.25, -0.2) is 9.79 Å². The van der Waals surface area contributed by atoms with Crippen molar-refractivity contribution in [1.82, 2.24) is 0 Å². The number of aliphatic hydroxyl groups is 2. The fourth-order valence-corrected chi connectivity index (χ4v) is 1.43. The molecule has 0 saturated heterocycles. The van der Waals surface area contributed by atoms with Crippen molar-refractivity contribution in [3.05, 3.63) is 11.3 Å². The summed E-state index contributed by atoms with van der Waals surface area (Å²) in [6, 6.07) is 0. The zero-order valence-electron chi connectivity index (χ0n) is 9.00. The van der Waals surface area contributed by atoms with Crippen LogP contribution in [0.5, 0.6) is 0 Å². The van der Waals surface area contributed by atoms with Gasteiger partial charge in [-0.3, -0.25) is 0 Å². The Morgan fingerprint density at radius 2 is 2.06 bits per heavy atom. The monoisotopic (exact) mass is 253 g/mol. The molecule has 0 saturated carbocycles. The average molecular weight is 253 g/mol. The Kier molecular flexibility index (Phi) is 3.19. The summed E-state index contributed by atoms with van der Waals surface area (Å²) >= 11 is 0. The molecule has 0 aromatic heterocycles. The van der Waals surface area contributed by atoms with Crippen molar-refractivity contribution >= 4 is 11.7 Å². The van der Waals surface area contributed by atoms with E-state index in [4.69, 9.17) is 0 Å². The molecule has 0 amide bonds. The molecule has 1 aliphatic rings. The SMILES string of the molecule is COC(=O)C1=C(O)CC(O)(C(F)(F)F)N=C1C. The minimum atomic E-state index is -5.04. The summed E-state index contributed by atoms with van der Waals surface area (Å²) in [6.45, 7) is 1.07. The smallest absolute Gasteiger partial charge is 0.438 e. The van der Waals surface area contributed by atoms with Gasteiger partial charge in [-0.15, -0.1) is 0 Å². The van der Waals surface area contributed by atoms with Gasteiger partial charge in [0, 0.05) is 0 Å². The van der Waals surface area contributed by atoms with E-state index in [1.54, 1.807) is 0 Å². The zero-order valence-corrected chi connectivity index (χ0v) is 9.00. The largest absolute Gasteiger partial charge is 0.511 e. The van der Waals surface area contributed by atoms with Gasteiger partial charge in [-0.1, -0.05) is 0 Å². The first-order valence-corrected chi connectivity index (χ1v) is 4.48. The molecule has 1 unspecified atom stereocenters. The molecular weight excluding hydrogens is 243 g/mol. The van der Waals surface area contributed by atoms with Gasteiger partial charge < -0.3 is 14.9 Å². The number of aliphatic imine (C=N–C) groups is 1. The number of esters is 1. The topological polar surface area (TPSA) is 79.1 Å². The Morgan fingerprint density at radius 3 is 2.41 bits per heavy atom. The molecule has 1 heterocycles. The number of hydrogen-bond donors (Lipinski definition) is 2. The minimum Gasteiger partial charge on any atom is -0.511 e. The predicted molar refractivity (Wildman–Crippen MR) is 50.4 cm³/mol. The third kappa shape index (κ3) is 2.26. The maximum atomic E-state index is 12.5. The average Bonchev–Trinajstić information content (AvgIpc) is 2.14. The van der Waals surface area contributed by atoms with Gasteiger partial charge in [0.1, 0.15) is 11.3 Å². The number of carbonyl (C=O) groups excluding carboxylic acids is 1. The second-order valence-corrected chi connectivity index (χ2v) is 3.50. The lowest BCUT2D eigenvalue weighted by molar-refractivity contribution is -0.258. The predicted octanol–water partition coefficient (Wildman–Crippen LogP) is 1.09. The van der Waals surface area contributed by atoms with E-state index in [2.05, 4.69) is 9.73 Å². The number of methoxy groups -OCH3 is 1. The van der Waals surface area contributed by atoms with Crippen molar-refractivity contribution < 1.29 is 32.9 Å². The van der Waals surface area contributed by atoms with E-state index in [9.17, 15) is 28.2 Å². The van der Waals surface area contributed by atoms with E-state index < -0.39 is 41.3 Å². The second-order valence-electron chi connectivity index (χ2n) is 3.50. The van der Waals surface area contributed by atoms with Gasteiger partial charge in [0.2, 0.25) is 0 Å². The highest BCUT2D eigenvalue weighted by Gasteiger charge is 2.56. The van der Waals surface area contributed by atoms with Crippen LogP contribution >= 0.6 is 0 Å². The maximum absolute atomic E-state index is 12.5. The Labute approximate surface area is 94.2 Å². The Hall–Kier alpha value is -1.57. The quantitative estimate of drug-likeness (QED) is 0.685. The number of hydrogen-bond acceptors (Lipinski definition) is 5. The van der Waals surface area contributed by atoms with Crippen molar-refractivity contribution in [2.45, 2.75) is 25.2 Å². The Morgan fingerprint density at radius 1 is 1.53 bits per heavy atom. The lowest BCUT2D eigenvalue weighted by Gasteiger charge is -2.30. The molecule has 0 spiro atoms. The van der Waals surface area contributed by atoms with Crippen LogP contribution in [0.15, 0.2) is 16.3 Å². The zero-order chi connectivity index (χ0) is 13.4. The second kappa shape index (κ2) is 4.02. The lowest BCUT2D eigenvalue weighted by atomic mass is 9.98. The van der Waals surface area contributed by atoms with Crippen LogP contribution in [0.4, 0.5) is 13.2 Å². The van der Waals surface area contributed by atoms with Gasteiger partial charge in [0.15, 0.2) is 0 Å². The first-order chi connectivity index (χ1) is 7.62. The summed E-state index contributed by atoms with van der Waals surface area (Å²) in [6.07, 6.45) is -6.25. The number of halogens is 3. The van der Waals surface area contributed by atoms with Gasteiger partial charge in [-0.2, -0.15) is 13.2 Å². The lowest BCUT2D eigenvalue weighted by Crippen LogP contribution is -2.47.